The predicted octanol–water partition coefficient (Wildman–Crippen LogP) is 1.39. The first-order chi connectivity index (χ1) is 10.8. The second kappa shape index (κ2) is 8.31. The van der Waals surface area contributed by atoms with Gasteiger partial charge in [-0.3, -0.25) is 9.59 Å². The van der Waals surface area contributed by atoms with Gasteiger partial charge in [0.15, 0.2) is 0 Å². The van der Waals surface area contributed by atoms with Crippen molar-refractivity contribution >= 4 is 24.2 Å². The number of nitrogens with one attached hydrogen (secondary N) is 1. The van der Waals surface area contributed by atoms with Crippen molar-refractivity contribution in [3.05, 3.63) is 35.9 Å². The second-order valence-electron chi connectivity index (χ2n) is 6.03. The molecular formula is C17H24ClN3O2. The Morgan fingerprint density at radius 1 is 1.00 bits per heavy atom. The molecule has 0 saturated carbocycles. The number of nitrogens with zero attached hydrogens (tertiary/aromatic N) is 2. The van der Waals surface area contributed by atoms with Crippen molar-refractivity contribution in [1.29, 1.82) is 0 Å². The maximum absolute atomic E-state index is 12.5. The van der Waals surface area contributed by atoms with Gasteiger partial charge in [0, 0.05) is 38.3 Å². The summed E-state index contributed by atoms with van der Waals surface area (Å²) in [5, 5.41) is 3.29. The lowest BCUT2D eigenvalue weighted by molar-refractivity contribution is -0.137. The van der Waals surface area contributed by atoms with E-state index in [4.69, 9.17) is 0 Å². The first kappa shape index (κ1) is 17.8. The summed E-state index contributed by atoms with van der Waals surface area (Å²) in [7, 11) is 0. The van der Waals surface area contributed by atoms with Gasteiger partial charge in [-0.25, -0.2) is 0 Å². The summed E-state index contributed by atoms with van der Waals surface area (Å²) in [6, 6.07) is 9.35. The molecule has 126 valence electrons. The molecule has 3 rings (SSSR count). The quantitative estimate of drug-likeness (QED) is 0.887. The molecule has 0 bridgehead atoms. The Morgan fingerprint density at radius 3 is 2.26 bits per heavy atom. The van der Waals surface area contributed by atoms with E-state index in [0.717, 1.165) is 31.5 Å². The first-order valence-electron chi connectivity index (χ1n) is 8.09. The summed E-state index contributed by atoms with van der Waals surface area (Å²) >= 11 is 0. The van der Waals surface area contributed by atoms with Crippen molar-refractivity contribution in [2.45, 2.75) is 12.8 Å². The van der Waals surface area contributed by atoms with E-state index in [1.54, 1.807) is 0 Å². The van der Waals surface area contributed by atoms with Crippen molar-refractivity contribution in [2.75, 3.05) is 39.3 Å². The van der Waals surface area contributed by atoms with Crippen LogP contribution >= 0.6 is 12.4 Å². The molecule has 1 aromatic rings. The third-order valence-corrected chi connectivity index (χ3v) is 4.55. The SMILES string of the molecule is Cl.O=C(c1ccccc1)N1CCN(C(=O)C2CCCNC2)CC1. The number of piperidine rings is 1. The molecule has 0 radical (unpaired) electrons. The lowest BCUT2D eigenvalue weighted by atomic mass is 9.98. The molecule has 2 aliphatic heterocycles. The molecule has 2 fully saturated rings. The molecule has 2 heterocycles. The van der Waals surface area contributed by atoms with Gasteiger partial charge in [-0.15, -0.1) is 12.4 Å². The third-order valence-electron chi connectivity index (χ3n) is 4.55. The van der Waals surface area contributed by atoms with Gasteiger partial charge in [0.25, 0.3) is 5.91 Å². The second-order valence-corrected chi connectivity index (χ2v) is 6.03. The van der Waals surface area contributed by atoms with Gasteiger partial charge in [-0.2, -0.15) is 0 Å². The maximum atomic E-state index is 12.5. The third kappa shape index (κ3) is 4.24. The highest BCUT2D eigenvalue weighted by molar-refractivity contribution is 5.94. The van der Waals surface area contributed by atoms with E-state index in [2.05, 4.69) is 5.32 Å². The Bertz CT molecular complexity index is 524. The van der Waals surface area contributed by atoms with Gasteiger partial charge in [0.2, 0.25) is 5.91 Å². The Hall–Kier alpha value is -1.59. The molecule has 0 spiro atoms. The lowest BCUT2D eigenvalue weighted by Gasteiger charge is -2.37. The van der Waals surface area contributed by atoms with Gasteiger partial charge in [0.1, 0.15) is 0 Å². The average Bonchev–Trinajstić information content (AvgIpc) is 2.62. The monoisotopic (exact) mass is 337 g/mol. The van der Waals surface area contributed by atoms with Gasteiger partial charge in [-0.1, -0.05) is 18.2 Å². The van der Waals surface area contributed by atoms with E-state index in [1.165, 1.54) is 0 Å². The van der Waals surface area contributed by atoms with Crippen LogP contribution in [0.15, 0.2) is 30.3 Å². The Morgan fingerprint density at radius 2 is 1.65 bits per heavy atom. The number of carbonyl (C=O) groups is 2. The van der Waals surface area contributed by atoms with Crippen LogP contribution in [0.3, 0.4) is 0 Å². The highest BCUT2D eigenvalue weighted by Gasteiger charge is 2.29. The number of piperazine rings is 1. The minimum atomic E-state index is 0. The van der Waals surface area contributed by atoms with Crippen molar-refractivity contribution < 1.29 is 9.59 Å². The zero-order chi connectivity index (χ0) is 15.4. The molecule has 1 atom stereocenters. The van der Waals surface area contributed by atoms with Crippen LogP contribution in [-0.2, 0) is 4.79 Å². The van der Waals surface area contributed by atoms with Crippen LogP contribution in [0.4, 0.5) is 0 Å². The molecule has 0 aromatic heterocycles. The lowest BCUT2D eigenvalue weighted by Crippen LogP contribution is -2.53. The van der Waals surface area contributed by atoms with Gasteiger partial charge < -0.3 is 15.1 Å². The smallest absolute Gasteiger partial charge is 0.253 e. The van der Waals surface area contributed by atoms with Crippen LogP contribution in [0, 0.1) is 5.92 Å². The van der Waals surface area contributed by atoms with Gasteiger partial charge >= 0.3 is 0 Å². The molecule has 1 N–H and O–H groups in total. The summed E-state index contributed by atoms with van der Waals surface area (Å²) < 4.78 is 0. The molecule has 2 amide bonds. The first-order valence-corrected chi connectivity index (χ1v) is 8.09. The molecule has 23 heavy (non-hydrogen) atoms. The summed E-state index contributed by atoms with van der Waals surface area (Å²) in [6.07, 6.45) is 2.05. The minimum Gasteiger partial charge on any atom is -0.339 e. The molecule has 1 unspecified atom stereocenters. The summed E-state index contributed by atoms with van der Waals surface area (Å²) in [5.41, 5.74) is 0.721. The Labute approximate surface area is 143 Å². The van der Waals surface area contributed by atoms with Crippen molar-refractivity contribution in [2.24, 2.45) is 5.92 Å². The largest absolute Gasteiger partial charge is 0.339 e. The van der Waals surface area contributed by atoms with Crippen LogP contribution in [0.1, 0.15) is 23.2 Å². The number of benzene rings is 1. The number of hydrogen-bond donors (Lipinski definition) is 1. The highest BCUT2D eigenvalue weighted by atomic mass is 35.5. The predicted molar refractivity (Wildman–Crippen MR) is 91.8 cm³/mol. The molecule has 2 saturated heterocycles. The average molecular weight is 338 g/mol. The summed E-state index contributed by atoms with van der Waals surface area (Å²) in [5.74, 6) is 0.427. The molecule has 1 aromatic carbocycles. The number of halogens is 1. The zero-order valence-electron chi connectivity index (χ0n) is 13.2. The fraction of sp³-hybridized carbons (Fsp3) is 0.529. The Balaban J connectivity index is 0.00000192. The van der Waals surface area contributed by atoms with Crippen molar-refractivity contribution in [3.63, 3.8) is 0 Å². The zero-order valence-corrected chi connectivity index (χ0v) is 14.1. The number of hydrogen-bond acceptors (Lipinski definition) is 3. The van der Waals surface area contributed by atoms with Crippen molar-refractivity contribution in [1.82, 2.24) is 15.1 Å². The summed E-state index contributed by atoms with van der Waals surface area (Å²) in [6.45, 7) is 4.35. The van der Waals surface area contributed by atoms with E-state index in [1.807, 2.05) is 40.1 Å². The molecule has 6 heteroatoms. The summed E-state index contributed by atoms with van der Waals surface area (Å²) in [4.78, 5) is 28.6. The van der Waals surface area contributed by atoms with E-state index in [9.17, 15) is 9.59 Å². The highest BCUT2D eigenvalue weighted by Crippen LogP contribution is 2.16. The molecule has 0 aliphatic carbocycles. The fourth-order valence-electron chi connectivity index (χ4n) is 3.21. The van der Waals surface area contributed by atoms with E-state index in [0.29, 0.717) is 26.2 Å². The van der Waals surface area contributed by atoms with Crippen LogP contribution in [0.25, 0.3) is 0 Å². The van der Waals surface area contributed by atoms with Gasteiger partial charge in [0.05, 0.1) is 5.92 Å². The van der Waals surface area contributed by atoms with Crippen LogP contribution in [-0.4, -0.2) is 60.9 Å². The topological polar surface area (TPSA) is 52.7 Å². The normalized spacial score (nSPS) is 21.5. The molecular weight excluding hydrogens is 314 g/mol. The van der Waals surface area contributed by atoms with Crippen LogP contribution < -0.4 is 5.32 Å². The van der Waals surface area contributed by atoms with Gasteiger partial charge in [-0.05, 0) is 31.5 Å². The van der Waals surface area contributed by atoms with Crippen molar-refractivity contribution in [3.8, 4) is 0 Å². The fourth-order valence-corrected chi connectivity index (χ4v) is 3.21. The van der Waals surface area contributed by atoms with E-state index >= 15 is 0 Å². The Kier molecular flexibility index (Phi) is 6.42. The molecule has 2 aliphatic rings. The van der Waals surface area contributed by atoms with E-state index in [-0.39, 0.29) is 30.1 Å². The van der Waals surface area contributed by atoms with Crippen LogP contribution in [0.5, 0.6) is 0 Å². The van der Waals surface area contributed by atoms with E-state index < -0.39 is 0 Å². The number of carbonyl (C=O) groups excluding carboxylic acids is 2. The number of amides is 2. The standard InChI is InChI=1S/C17H23N3O2.ClH/c21-16(14-5-2-1-3-6-14)19-9-11-20(12-10-19)17(22)15-7-4-8-18-13-15;/h1-3,5-6,15,18H,4,7-13H2;1H. The number of rotatable bonds is 2. The molecule has 5 nitrogen and oxygen atoms in total. The van der Waals surface area contributed by atoms with Crippen LogP contribution in [0.2, 0.25) is 0 Å². The minimum absolute atomic E-state index is 0. The maximum Gasteiger partial charge on any atom is 0.253 e.